The molecular formula is C9H13NO3S2. The summed E-state index contributed by atoms with van der Waals surface area (Å²) in [5.74, 6) is -0.372. The van der Waals surface area contributed by atoms with Crippen LogP contribution in [0.4, 0.5) is 0 Å². The predicted molar refractivity (Wildman–Crippen MR) is 60.3 cm³/mol. The van der Waals surface area contributed by atoms with Gasteiger partial charge in [-0.3, -0.25) is 4.79 Å². The zero-order valence-corrected chi connectivity index (χ0v) is 10.3. The van der Waals surface area contributed by atoms with Gasteiger partial charge in [0, 0.05) is 13.5 Å². The van der Waals surface area contributed by atoms with Crippen molar-refractivity contribution in [3.63, 3.8) is 0 Å². The third-order valence-corrected chi connectivity index (χ3v) is 3.99. The van der Waals surface area contributed by atoms with E-state index in [4.69, 9.17) is 0 Å². The molecule has 0 spiro atoms. The molecule has 0 aliphatic heterocycles. The minimum absolute atomic E-state index is 0.223. The van der Waals surface area contributed by atoms with E-state index in [2.05, 4.69) is 0 Å². The van der Waals surface area contributed by atoms with Crippen LogP contribution in [0.25, 0.3) is 0 Å². The molecule has 0 N–H and O–H groups in total. The molecule has 1 aromatic rings. The molecule has 0 bridgehead atoms. The van der Waals surface area contributed by atoms with Crippen molar-refractivity contribution >= 4 is 27.3 Å². The number of aryl methyl sites for hydroxylation is 1. The molecule has 15 heavy (non-hydrogen) atoms. The Morgan fingerprint density at radius 3 is 2.67 bits per heavy atom. The molecule has 1 aromatic heterocycles. The SMILES string of the molecule is CN(C(=O)CCc1ccsc1)S(C)(=O)=O. The number of carbonyl (C=O) groups is 1. The Balaban J connectivity index is 2.50. The highest BCUT2D eigenvalue weighted by atomic mass is 32.2. The number of hydrogen-bond acceptors (Lipinski definition) is 4. The molecular weight excluding hydrogens is 234 g/mol. The van der Waals surface area contributed by atoms with Crippen molar-refractivity contribution < 1.29 is 13.2 Å². The summed E-state index contributed by atoms with van der Waals surface area (Å²) < 4.78 is 22.9. The first-order valence-electron chi connectivity index (χ1n) is 4.39. The topological polar surface area (TPSA) is 54.5 Å². The fourth-order valence-electron chi connectivity index (χ4n) is 1.03. The lowest BCUT2D eigenvalue weighted by atomic mass is 10.2. The molecule has 0 aliphatic carbocycles. The molecule has 0 saturated heterocycles. The zero-order valence-electron chi connectivity index (χ0n) is 8.63. The summed E-state index contributed by atoms with van der Waals surface area (Å²) in [5.41, 5.74) is 1.07. The maximum atomic E-state index is 11.4. The Kier molecular flexibility index (Phi) is 3.87. The first-order chi connectivity index (χ1) is 6.91. The third-order valence-electron chi connectivity index (χ3n) is 2.06. The lowest BCUT2D eigenvalue weighted by Crippen LogP contribution is -2.32. The number of carbonyl (C=O) groups excluding carboxylic acids is 1. The van der Waals surface area contributed by atoms with E-state index in [1.807, 2.05) is 16.8 Å². The van der Waals surface area contributed by atoms with E-state index in [0.717, 1.165) is 16.1 Å². The summed E-state index contributed by atoms with van der Waals surface area (Å²) in [7, 11) is -2.12. The monoisotopic (exact) mass is 247 g/mol. The molecule has 1 rings (SSSR count). The van der Waals surface area contributed by atoms with E-state index in [9.17, 15) is 13.2 Å². The summed E-state index contributed by atoms with van der Waals surface area (Å²) >= 11 is 1.56. The summed E-state index contributed by atoms with van der Waals surface area (Å²) in [6.07, 6.45) is 1.83. The quantitative estimate of drug-likeness (QED) is 0.800. The van der Waals surface area contributed by atoms with Crippen LogP contribution in [-0.2, 0) is 21.2 Å². The number of rotatable bonds is 4. The van der Waals surface area contributed by atoms with Crippen LogP contribution in [0, 0.1) is 0 Å². The van der Waals surface area contributed by atoms with E-state index >= 15 is 0 Å². The standard InChI is InChI=1S/C9H13NO3S2/c1-10(15(2,12)13)9(11)4-3-8-5-6-14-7-8/h5-7H,3-4H2,1-2H3. The van der Waals surface area contributed by atoms with Gasteiger partial charge in [-0.05, 0) is 28.8 Å². The van der Waals surface area contributed by atoms with Gasteiger partial charge in [-0.1, -0.05) is 0 Å². The van der Waals surface area contributed by atoms with Gasteiger partial charge in [0.05, 0.1) is 6.26 Å². The van der Waals surface area contributed by atoms with Crippen LogP contribution in [0.2, 0.25) is 0 Å². The molecule has 1 heterocycles. The largest absolute Gasteiger partial charge is 0.274 e. The average Bonchev–Trinajstić information content (AvgIpc) is 2.63. The second kappa shape index (κ2) is 4.76. The van der Waals surface area contributed by atoms with Crippen LogP contribution in [0.1, 0.15) is 12.0 Å². The van der Waals surface area contributed by atoms with Crippen LogP contribution in [-0.4, -0.2) is 31.9 Å². The fourth-order valence-corrected chi connectivity index (χ4v) is 2.19. The maximum absolute atomic E-state index is 11.4. The number of hydrogen-bond donors (Lipinski definition) is 0. The Bertz CT molecular complexity index is 422. The minimum Gasteiger partial charge on any atom is -0.274 e. The van der Waals surface area contributed by atoms with Gasteiger partial charge in [0.25, 0.3) is 0 Å². The van der Waals surface area contributed by atoms with Crippen LogP contribution in [0.15, 0.2) is 16.8 Å². The van der Waals surface area contributed by atoms with Gasteiger partial charge < -0.3 is 0 Å². The molecule has 0 atom stereocenters. The van der Waals surface area contributed by atoms with Crippen molar-refractivity contribution in [2.24, 2.45) is 0 Å². The molecule has 0 fully saturated rings. The predicted octanol–water partition coefficient (Wildman–Crippen LogP) is 1.10. The van der Waals surface area contributed by atoms with Crippen molar-refractivity contribution in [2.75, 3.05) is 13.3 Å². The van der Waals surface area contributed by atoms with Gasteiger partial charge >= 0.3 is 0 Å². The van der Waals surface area contributed by atoms with Crippen LogP contribution >= 0.6 is 11.3 Å². The number of nitrogens with zero attached hydrogens (tertiary/aromatic N) is 1. The number of sulfonamides is 1. The van der Waals surface area contributed by atoms with Crippen LogP contribution in [0.5, 0.6) is 0 Å². The third kappa shape index (κ3) is 3.64. The van der Waals surface area contributed by atoms with Crippen molar-refractivity contribution in [1.29, 1.82) is 0 Å². The molecule has 1 amide bonds. The number of amides is 1. The normalized spacial score (nSPS) is 11.3. The number of thiophene rings is 1. The first-order valence-corrected chi connectivity index (χ1v) is 7.18. The molecule has 6 heteroatoms. The lowest BCUT2D eigenvalue weighted by Gasteiger charge is -2.13. The Morgan fingerprint density at radius 2 is 2.20 bits per heavy atom. The van der Waals surface area contributed by atoms with Crippen molar-refractivity contribution in [3.8, 4) is 0 Å². The Morgan fingerprint density at radius 1 is 1.53 bits per heavy atom. The van der Waals surface area contributed by atoms with Gasteiger partial charge in [0.15, 0.2) is 0 Å². The van der Waals surface area contributed by atoms with Crippen molar-refractivity contribution in [1.82, 2.24) is 4.31 Å². The molecule has 4 nitrogen and oxygen atoms in total. The van der Waals surface area contributed by atoms with Crippen LogP contribution < -0.4 is 0 Å². The highest BCUT2D eigenvalue weighted by Crippen LogP contribution is 2.09. The maximum Gasteiger partial charge on any atom is 0.236 e. The van der Waals surface area contributed by atoms with Gasteiger partial charge in [-0.25, -0.2) is 12.7 Å². The van der Waals surface area contributed by atoms with Gasteiger partial charge in [0.2, 0.25) is 15.9 Å². The van der Waals surface area contributed by atoms with Gasteiger partial charge in [-0.2, -0.15) is 11.3 Å². The van der Waals surface area contributed by atoms with Crippen LogP contribution in [0.3, 0.4) is 0 Å². The van der Waals surface area contributed by atoms with Gasteiger partial charge in [0.1, 0.15) is 0 Å². The first kappa shape index (κ1) is 12.2. The highest BCUT2D eigenvalue weighted by molar-refractivity contribution is 7.88. The molecule has 0 saturated carbocycles. The second-order valence-electron chi connectivity index (χ2n) is 3.26. The molecule has 84 valence electrons. The minimum atomic E-state index is -3.41. The van der Waals surface area contributed by atoms with E-state index < -0.39 is 10.0 Å². The summed E-state index contributed by atoms with van der Waals surface area (Å²) in [6.45, 7) is 0. The Labute approximate surface area is 93.6 Å². The smallest absolute Gasteiger partial charge is 0.236 e. The van der Waals surface area contributed by atoms with Crippen molar-refractivity contribution in [3.05, 3.63) is 22.4 Å². The average molecular weight is 247 g/mol. The second-order valence-corrected chi connectivity index (χ2v) is 6.05. The molecule has 0 aromatic carbocycles. The molecule has 0 unspecified atom stereocenters. The molecule has 0 aliphatic rings. The van der Waals surface area contributed by atoms with E-state index in [1.54, 1.807) is 11.3 Å². The zero-order chi connectivity index (χ0) is 11.5. The summed E-state index contributed by atoms with van der Waals surface area (Å²) in [5, 5.41) is 3.88. The fraction of sp³-hybridized carbons (Fsp3) is 0.444. The van der Waals surface area contributed by atoms with Crippen molar-refractivity contribution in [2.45, 2.75) is 12.8 Å². The van der Waals surface area contributed by atoms with E-state index in [-0.39, 0.29) is 12.3 Å². The van der Waals surface area contributed by atoms with E-state index in [1.165, 1.54) is 7.05 Å². The summed E-state index contributed by atoms with van der Waals surface area (Å²) in [6, 6.07) is 1.93. The highest BCUT2D eigenvalue weighted by Gasteiger charge is 2.17. The van der Waals surface area contributed by atoms with Gasteiger partial charge in [-0.15, -0.1) is 0 Å². The molecule has 0 radical (unpaired) electrons. The Hall–Kier alpha value is -0.880. The summed E-state index contributed by atoms with van der Waals surface area (Å²) in [4.78, 5) is 11.4. The van der Waals surface area contributed by atoms with E-state index in [0.29, 0.717) is 6.42 Å². The lowest BCUT2D eigenvalue weighted by molar-refractivity contribution is -0.125.